The molecule has 2 rings (SSSR count). The van der Waals surface area contributed by atoms with E-state index in [9.17, 15) is 0 Å². The summed E-state index contributed by atoms with van der Waals surface area (Å²) in [5.41, 5.74) is 0. The Morgan fingerprint density at radius 3 is 2.00 bits per heavy atom. The Bertz CT molecular complexity index is 535. The normalized spacial score (nSPS) is 11.8. The molecule has 1 nitrogen and oxygen atoms in total. The summed E-state index contributed by atoms with van der Waals surface area (Å²) in [5, 5.41) is 2.26. The van der Waals surface area contributed by atoms with Gasteiger partial charge in [-0.05, 0) is 43.8 Å². The van der Waals surface area contributed by atoms with Crippen LogP contribution in [0.1, 0.15) is 0 Å². The Morgan fingerprint density at radius 2 is 1.45 bits per heavy atom. The van der Waals surface area contributed by atoms with Crippen LogP contribution in [-0.4, -0.2) is 25.5 Å². The molecular weight excluding hydrogens is 282 g/mol. The number of thioether (sulfide) groups is 2. The van der Waals surface area contributed by atoms with Gasteiger partial charge in [-0.3, -0.25) is 0 Å². The van der Waals surface area contributed by atoms with Crippen molar-refractivity contribution in [1.82, 2.24) is 4.90 Å². The monoisotopic (exact) mass is 301 g/mol. The predicted molar refractivity (Wildman–Crippen MR) is 91.2 cm³/mol. The SMILES string of the molecule is CN(C)CC(=CSc1ccccc1)Sc1ccccc1. The zero-order chi connectivity index (χ0) is 14.2. The molecule has 0 bridgehead atoms. The molecule has 0 fully saturated rings. The van der Waals surface area contributed by atoms with Gasteiger partial charge >= 0.3 is 0 Å². The first-order valence-electron chi connectivity index (χ1n) is 6.52. The van der Waals surface area contributed by atoms with Gasteiger partial charge < -0.3 is 4.90 Å². The van der Waals surface area contributed by atoms with E-state index >= 15 is 0 Å². The van der Waals surface area contributed by atoms with Gasteiger partial charge in [0.15, 0.2) is 0 Å². The topological polar surface area (TPSA) is 3.24 Å². The minimum Gasteiger partial charge on any atom is -0.305 e. The van der Waals surface area contributed by atoms with Crippen molar-refractivity contribution in [3.63, 3.8) is 0 Å². The fraction of sp³-hybridized carbons (Fsp3) is 0.176. The summed E-state index contributed by atoms with van der Waals surface area (Å²) in [6, 6.07) is 21.0. The van der Waals surface area contributed by atoms with Crippen LogP contribution in [0.25, 0.3) is 0 Å². The van der Waals surface area contributed by atoms with E-state index in [0.29, 0.717) is 0 Å². The van der Waals surface area contributed by atoms with Crippen LogP contribution in [-0.2, 0) is 0 Å². The lowest BCUT2D eigenvalue weighted by Gasteiger charge is -2.13. The Labute approximate surface area is 130 Å². The Hall–Kier alpha value is -1.16. The lowest BCUT2D eigenvalue weighted by Crippen LogP contribution is -2.13. The summed E-state index contributed by atoms with van der Waals surface area (Å²) in [7, 11) is 4.21. The number of rotatable bonds is 6. The van der Waals surface area contributed by atoms with Crippen molar-refractivity contribution >= 4 is 23.5 Å². The molecule has 0 amide bonds. The van der Waals surface area contributed by atoms with Crippen molar-refractivity contribution in [2.45, 2.75) is 9.79 Å². The molecule has 0 saturated carbocycles. The quantitative estimate of drug-likeness (QED) is 0.693. The average Bonchev–Trinajstić information content (AvgIpc) is 2.46. The highest BCUT2D eigenvalue weighted by Gasteiger charge is 2.03. The first-order chi connectivity index (χ1) is 9.74. The number of benzene rings is 2. The molecule has 0 N–H and O–H groups in total. The van der Waals surface area contributed by atoms with Gasteiger partial charge in [-0.1, -0.05) is 59.9 Å². The summed E-state index contributed by atoms with van der Waals surface area (Å²) in [5.74, 6) is 0. The number of hydrogen-bond acceptors (Lipinski definition) is 3. The number of nitrogens with zero attached hydrogens (tertiary/aromatic N) is 1. The zero-order valence-corrected chi connectivity index (χ0v) is 13.5. The molecule has 0 heterocycles. The van der Waals surface area contributed by atoms with E-state index in [1.165, 1.54) is 14.7 Å². The van der Waals surface area contributed by atoms with Crippen LogP contribution in [0, 0.1) is 0 Å². The molecule has 0 radical (unpaired) electrons. The summed E-state index contributed by atoms with van der Waals surface area (Å²) >= 11 is 3.62. The third-order valence-electron chi connectivity index (χ3n) is 2.53. The van der Waals surface area contributed by atoms with Crippen LogP contribution < -0.4 is 0 Å². The molecule has 0 aromatic heterocycles. The van der Waals surface area contributed by atoms with E-state index in [1.54, 1.807) is 11.8 Å². The maximum atomic E-state index is 2.26. The average molecular weight is 301 g/mol. The Kier molecular flexibility index (Phi) is 6.25. The van der Waals surface area contributed by atoms with Gasteiger partial charge in [-0.2, -0.15) is 0 Å². The van der Waals surface area contributed by atoms with Gasteiger partial charge in [0.1, 0.15) is 0 Å². The molecule has 0 aliphatic rings. The van der Waals surface area contributed by atoms with Crippen molar-refractivity contribution in [3.8, 4) is 0 Å². The molecule has 0 unspecified atom stereocenters. The van der Waals surface area contributed by atoms with Crippen molar-refractivity contribution in [2.24, 2.45) is 0 Å². The van der Waals surface area contributed by atoms with Crippen LogP contribution >= 0.6 is 23.5 Å². The molecule has 3 heteroatoms. The highest BCUT2D eigenvalue weighted by Crippen LogP contribution is 2.30. The lowest BCUT2D eigenvalue weighted by atomic mass is 10.4. The van der Waals surface area contributed by atoms with Crippen molar-refractivity contribution in [1.29, 1.82) is 0 Å². The zero-order valence-electron chi connectivity index (χ0n) is 11.8. The molecule has 0 aliphatic heterocycles. The second-order valence-corrected chi connectivity index (χ2v) is 6.81. The maximum absolute atomic E-state index is 2.26. The molecule has 2 aromatic carbocycles. The van der Waals surface area contributed by atoms with E-state index in [0.717, 1.165) is 6.54 Å². The van der Waals surface area contributed by atoms with Gasteiger partial charge in [0.25, 0.3) is 0 Å². The van der Waals surface area contributed by atoms with E-state index in [2.05, 4.69) is 79.0 Å². The summed E-state index contributed by atoms with van der Waals surface area (Å²) in [4.78, 5) is 6.12. The van der Waals surface area contributed by atoms with E-state index in [-0.39, 0.29) is 0 Å². The van der Waals surface area contributed by atoms with Crippen LogP contribution in [0.3, 0.4) is 0 Å². The molecule has 0 aliphatic carbocycles. The fourth-order valence-electron chi connectivity index (χ4n) is 1.68. The Morgan fingerprint density at radius 1 is 0.900 bits per heavy atom. The molecule has 2 aromatic rings. The molecule has 0 spiro atoms. The minimum atomic E-state index is 0.958. The van der Waals surface area contributed by atoms with Crippen LogP contribution in [0.5, 0.6) is 0 Å². The highest BCUT2D eigenvalue weighted by atomic mass is 32.2. The summed E-state index contributed by atoms with van der Waals surface area (Å²) in [6.07, 6.45) is 0. The fourth-order valence-corrected chi connectivity index (χ4v) is 3.59. The van der Waals surface area contributed by atoms with Crippen LogP contribution in [0.15, 0.2) is 80.8 Å². The van der Waals surface area contributed by atoms with Gasteiger partial charge in [-0.15, -0.1) is 0 Å². The Balaban J connectivity index is 2.07. The number of hydrogen-bond donors (Lipinski definition) is 0. The van der Waals surface area contributed by atoms with Crippen LogP contribution in [0.4, 0.5) is 0 Å². The molecular formula is C17H19NS2. The van der Waals surface area contributed by atoms with E-state index < -0.39 is 0 Å². The van der Waals surface area contributed by atoms with Gasteiger partial charge in [0.05, 0.1) is 0 Å². The molecule has 0 atom stereocenters. The predicted octanol–water partition coefficient (Wildman–Crippen LogP) is 4.97. The van der Waals surface area contributed by atoms with E-state index in [4.69, 9.17) is 0 Å². The van der Waals surface area contributed by atoms with Crippen molar-refractivity contribution in [2.75, 3.05) is 20.6 Å². The standard InChI is InChI=1S/C17H19NS2/c1-18(2)13-17(20-16-11-7-4-8-12-16)14-19-15-9-5-3-6-10-15/h3-12,14H,13H2,1-2H3. The molecule has 104 valence electrons. The third kappa shape index (κ3) is 5.45. The highest BCUT2D eigenvalue weighted by molar-refractivity contribution is 8.06. The maximum Gasteiger partial charge on any atom is 0.0296 e. The second kappa shape index (κ2) is 8.20. The smallest absolute Gasteiger partial charge is 0.0296 e. The number of likely N-dealkylation sites (N-methyl/N-ethyl adjacent to an activating group) is 1. The summed E-state index contributed by atoms with van der Waals surface area (Å²) < 4.78 is 0. The van der Waals surface area contributed by atoms with Gasteiger partial charge in [-0.25, -0.2) is 0 Å². The minimum absolute atomic E-state index is 0.958. The van der Waals surface area contributed by atoms with Gasteiger partial charge in [0, 0.05) is 21.2 Å². The van der Waals surface area contributed by atoms with E-state index in [1.807, 2.05) is 17.8 Å². The molecule has 20 heavy (non-hydrogen) atoms. The molecule has 0 saturated heterocycles. The first kappa shape index (κ1) is 15.2. The largest absolute Gasteiger partial charge is 0.305 e. The lowest BCUT2D eigenvalue weighted by molar-refractivity contribution is 0.454. The second-order valence-electron chi connectivity index (χ2n) is 4.67. The van der Waals surface area contributed by atoms with Crippen molar-refractivity contribution in [3.05, 3.63) is 71.0 Å². The first-order valence-corrected chi connectivity index (χ1v) is 8.22. The van der Waals surface area contributed by atoms with Crippen LogP contribution in [0.2, 0.25) is 0 Å². The summed E-state index contributed by atoms with van der Waals surface area (Å²) in [6.45, 7) is 0.958. The van der Waals surface area contributed by atoms with Crippen molar-refractivity contribution < 1.29 is 0 Å². The van der Waals surface area contributed by atoms with Gasteiger partial charge in [0.2, 0.25) is 0 Å². The third-order valence-corrected chi connectivity index (χ3v) is 4.65.